The van der Waals surface area contributed by atoms with E-state index in [0.29, 0.717) is 23.9 Å². The fourth-order valence-corrected chi connectivity index (χ4v) is 3.75. The molecule has 2 aromatic rings. The van der Waals surface area contributed by atoms with Gasteiger partial charge in [-0.05, 0) is 44.2 Å². The lowest BCUT2D eigenvalue weighted by atomic mass is 9.90. The topological polar surface area (TPSA) is 75.9 Å². The highest BCUT2D eigenvalue weighted by Gasteiger charge is 2.22. The maximum atomic E-state index is 12.8. The monoisotopic (exact) mass is 373 g/mol. The number of carbonyl (C=O) groups excluding carboxylic acids is 1. The molecule has 1 saturated carbocycles. The first-order chi connectivity index (χ1) is 13.1. The molecule has 1 amide bonds. The first-order valence-corrected chi connectivity index (χ1v) is 10.2. The van der Waals surface area contributed by atoms with Crippen LogP contribution in [-0.2, 0) is 6.42 Å². The van der Waals surface area contributed by atoms with Gasteiger partial charge in [-0.3, -0.25) is 9.20 Å². The van der Waals surface area contributed by atoms with Crippen molar-refractivity contribution in [2.45, 2.75) is 64.8 Å². The largest absolute Gasteiger partial charge is 0.489 e. The predicted molar refractivity (Wildman–Crippen MR) is 105 cm³/mol. The van der Waals surface area contributed by atoms with Crippen LogP contribution in [0.25, 0.3) is 5.65 Å². The van der Waals surface area contributed by atoms with Gasteiger partial charge in [0.1, 0.15) is 5.69 Å². The number of rotatable bonds is 8. The van der Waals surface area contributed by atoms with Crippen LogP contribution in [0.1, 0.15) is 68.6 Å². The Morgan fingerprint density at radius 3 is 2.89 bits per heavy atom. The smallest absolute Gasteiger partial charge is 0.270 e. The molecule has 0 radical (unpaired) electrons. The van der Waals surface area contributed by atoms with E-state index >= 15 is 0 Å². The summed E-state index contributed by atoms with van der Waals surface area (Å²) in [5.74, 6) is 1.13. The molecule has 2 aromatic heterocycles. The predicted octanol–water partition coefficient (Wildman–Crippen LogP) is 3.36. The zero-order valence-corrected chi connectivity index (χ0v) is 16.4. The summed E-state index contributed by atoms with van der Waals surface area (Å²) in [6.07, 6.45) is 9.84. The number of aliphatic hydroxyl groups is 1. The Morgan fingerprint density at radius 2 is 2.19 bits per heavy atom. The number of carbonyl (C=O) groups is 1. The number of fused-ring (bicyclic) bond motifs is 1. The number of ether oxygens (including phenoxy) is 1. The van der Waals surface area contributed by atoms with Crippen molar-refractivity contribution < 1.29 is 14.6 Å². The summed E-state index contributed by atoms with van der Waals surface area (Å²) in [6.45, 7) is 4.46. The van der Waals surface area contributed by atoms with Crippen LogP contribution in [0.5, 0.6) is 5.75 Å². The van der Waals surface area contributed by atoms with Crippen LogP contribution in [-0.4, -0.2) is 39.7 Å². The minimum absolute atomic E-state index is 0.0959. The average Bonchev–Trinajstić information content (AvgIpc) is 3.06. The second kappa shape index (κ2) is 9.22. The summed E-state index contributed by atoms with van der Waals surface area (Å²) >= 11 is 0. The van der Waals surface area contributed by atoms with Crippen molar-refractivity contribution in [3.8, 4) is 5.75 Å². The minimum atomic E-state index is -0.303. The lowest BCUT2D eigenvalue weighted by Crippen LogP contribution is -2.36. The van der Waals surface area contributed by atoms with Crippen LogP contribution in [0, 0.1) is 5.92 Å². The fourth-order valence-electron chi connectivity index (χ4n) is 3.75. The molecule has 0 aromatic carbocycles. The lowest BCUT2D eigenvalue weighted by Gasteiger charge is -2.21. The molecule has 6 heteroatoms. The van der Waals surface area contributed by atoms with Crippen molar-refractivity contribution in [1.82, 2.24) is 14.7 Å². The maximum Gasteiger partial charge on any atom is 0.270 e. The Bertz CT molecular complexity index is 765. The molecule has 0 spiro atoms. The molecule has 0 bridgehead atoms. The Hall–Kier alpha value is -2.08. The third-order valence-electron chi connectivity index (χ3n) is 5.24. The average molecular weight is 373 g/mol. The van der Waals surface area contributed by atoms with Gasteiger partial charge >= 0.3 is 0 Å². The Labute approximate surface area is 160 Å². The summed E-state index contributed by atoms with van der Waals surface area (Å²) < 4.78 is 7.95. The molecule has 2 N–H and O–H groups in total. The molecular weight excluding hydrogens is 342 g/mol. The molecular formula is C21H31N3O3. The van der Waals surface area contributed by atoms with Gasteiger partial charge in [0.2, 0.25) is 0 Å². The summed E-state index contributed by atoms with van der Waals surface area (Å²) in [6, 6.07) is 3.52. The number of nitrogens with zero attached hydrogens (tertiary/aromatic N) is 2. The Balaban J connectivity index is 1.88. The first-order valence-electron chi connectivity index (χ1n) is 10.2. The Morgan fingerprint density at radius 1 is 1.41 bits per heavy atom. The molecule has 0 unspecified atom stereocenters. The van der Waals surface area contributed by atoms with Crippen molar-refractivity contribution in [2.24, 2.45) is 5.92 Å². The van der Waals surface area contributed by atoms with Gasteiger partial charge in [0.25, 0.3) is 5.91 Å². The second-order valence-corrected chi connectivity index (χ2v) is 7.60. The van der Waals surface area contributed by atoms with Gasteiger partial charge in [-0.2, -0.15) is 0 Å². The van der Waals surface area contributed by atoms with E-state index in [2.05, 4.69) is 12.2 Å². The van der Waals surface area contributed by atoms with Gasteiger partial charge in [-0.1, -0.05) is 32.6 Å². The molecule has 1 aliphatic rings. The molecule has 0 aliphatic heterocycles. The van der Waals surface area contributed by atoms with Crippen molar-refractivity contribution in [3.05, 3.63) is 29.7 Å². The van der Waals surface area contributed by atoms with E-state index in [1.54, 1.807) is 6.92 Å². The van der Waals surface area contributed by atoms with Gasteiger partial charge < -0.3 is 15.2 Å². The van der Waals surface area contributed by atoms with E-state index in [1.807, 2.05) is 22.7 Å². The first kappa shape index (κ1) is 19.7. The zero-order valence-electron chi connectivity index (χ0n) is 16.4. The summed E-state index contributed by atoms with van der Waals surface area (Å²) in [5.41, 5.74) is 2.00. The van der Waals surface area contributed by atoms with E-state index in [0.717, 1.165) is 24.3 Å². The fraction of sp³-hybridized carbons (Fsp3) is 0.619. The molecule has 27 heavy (non-hydrogen) atoms. The number of amides is 1. The molecule has 1 aliphatic carbocycles. The van der Waals surface area contributed by atoms with Crippen molar-refractivity contribution in [1.29, 1.82) is 0 Å². The van der Waals surface area contributed by atoms with E-state index in [4.69, 9.17) is 9.72 Å². The van der Waals surface area contributed by atoms with Gasteiger partial charge in [-0.15, -0.1) is 0 Å². The summed E-state index contributed by atoms with van der Waals surface area (Å²) in [4.78, 5) is 17.5. The standard InChI is InChI=1S/C21H31N3O3/c1-3-8-17-19(21(26)22-15(2)13-25)24-12-7-11-18(20(24)23-17)27-14-16-9-5-4-6-10-16/h7,11-12,15-16,25H,3-6,8-10,13-14H2,1-2H3,(H,22,26)/t15-/m0/s1. The summed E-state index contributed by atoms with van der Waals surface area (Å²) in [7, 11) is 0. The van der Waals surface area contributed by atoms with Crippen LogP contribution in [0.2, 0.25) is 0 Å². The maximum absolute atomic E-state index is 12.8. The molecule has 2 heterocycles. The normalized spacial score (nSPS) is 16.4. The van der Waals surface area contributed by atoms with Gasteiger partial charge in [0.15, 0.2) is 11.4 Å². The number of imidazole rings is 1. The van der Waals surface area contributed by atoms with E-state index in [1.165, 1.54) is 32.1 Å². The van der Waals surface area contributed by atoms with Gasteiger partial charge in [0, 0.05) is 12.2 Å². The Kier molecular flexibility index (Phi) is 6.72. The van der Waals surface area contributed by atoms with Crippen molar-refractivity contribution in [2.75, 3.05) is 13.2 Å². The van der Waals surface area contributed by atoms with E-state index in [9.17, 15) is 9.90 Å². The lowest BCUT2D eigenvalue weighted by molar-refractivity contribution is 0.0915. The highest BCUT2D eigenvalue weighted by Crippen LogP contribution is 2.27. The quantitative estimate of drug-likeness (QED) is 0.744. The molecule has 3 rings (SSSR count). The summed E-state index contributed by atoms with van der Waals surface area (Å²) in [5, 5.41) is 12.1. The van der Waals surface area contributed by atoms with Crippen molar-refractivity contribution >= 4 is 11.6 Å². The van der Waals surface area contributed by atoms with Crippen LogP contribution in [0.3, 0.4) is 0 Å². The van der Waals surface area contributed by atoms with Crippen LogP contribution in [0.4, 0.5) is 0 Å². The molecule has 0 saturated heterocycles. The SMILES string of the molecule is CCCc1nc2c(OCC3CCCCC3)cccn2c1C(=O)N[C@@H](C)CO. The molecule has 1 atom stereocenters. The van der Waals surface area contributed by atoms with Crippen molar-refractivity contribution in [3.63, 3.8) is 0 Å². The third kappa shape index (κ3) is 4.61. The molecule has 148 valence electrons. The number of pyridine rings is 1. The van der Waals surface area contributed by atoms with Crippen LogP contribution >= 0.6 is 0 Å². The molecule has 6 nitrogen and oxygen atoms in total. The second-order valence-electron chi connectivity index (χ2n) is 7.60. The van der Waals surface area contributed by atoms with Gasteiger partial charge in [0.05, 0.1) is 18.9 Å². The molecule has 1 fully saturated rings. The van der Waals surface area contributed by atoms with Crippen LogP contribution in [0.15, 0.2) is 18.3 Å². The highest BCUT2D eigenvalue weighted by atomic mass is 16.5. The number of aryl methyl sites for hydroxylation is 1. The number of hydrogen-bond donors (Lipinski definition) is 2. The van der Waals surface area contributed by atoms with Crippen LogP contribution < -0.4 is 10.1 Å². The minimum Gasteiger partial charge on any atom is -0.489 e. The van der Waals surface area contributed by atoms with Gasteiger partial charge in [-0.25, -0.2) is 4.98 Å². The number of aromatic nitrogens is 2. The van der Waals surface area contributed by atoms with E-state index < -0.39 is 0 Å². The number of nitrogens with one attached hydrogen (secondary N) is 1. The zero-order chi connectivity index (χ0) is 19.2. The highest BCUT2D eigenvalue weighted by molar-refractivity contribution is 5.95. The number of aliphatic hydroxyl groups excluding tert-OH is 1. The van der Waals surface area contributed by atoms with E-state index in [-0.39, 0.29) is 18.6 Å². The number of hydrogen-bond acceptors (Lipinski definition) is 4. The third-order valence-corrected chi connectivity index (χ3v) is 5.24.